The first kappa shape index (κ1) is 13.9. The summed E-state index contributed by atoms with van der Waals surface area (Å²) in [5, 5.41) is 9.63. The van der Waals surface area contributed by atoms with Gasteiger partial charge in [-0.15, -0.1) is 0 Å². The molecule has 1 rings (SSSR count). The second-order valence-corrected chi connectivity index (χ2v) is 3.49. The minimum Gasteiger partial charge on any atom is -0.391 e. The first-order valence-electron chi connectivity index (χ1n) is 5.66. The summed E-state index contributed by atoms with van der Waals surface area (Å²) in [5.74, 6) is 0. The summed E-state index contributed by atoms with van der Waals surface area (Å²) >= 11 is 0. The molecule has 14 heavy (non-hydrogen) atoms. The van der Waals surface area contributed by atoms with Gasteiger partial charge in [-0.1, -0.05) is 13.8 Å². The number of aliphatic hydroxyl groups is 1. The predicted octanol–water partition coefficient (Wildman–Crippen LogP) is 1.50. The van der Waals surface area contributed by atoms with Crippen LogP contribution in [0.3, 0.4) is 0 Å². The molecule has 3 nitrogen and oxygen atoms in total. The van der Waals surface area contributed by atoms with E-state index >= 15 is 0 Å². The van der Waals surface area contributed by atoms with Crippen LogP contribution in [0.4, 0.5) is 0 Å². The lowest BCUT2D eigenvalue weighted by atomic mass is 10.1. The highest BCUT2D eigenvalue weighted by molar-refractivity contribution is 4.88. The van der Waals surface area contributed by atoms with Gasteiger partial charge in [0.1, 0.15) is 0 Å². The maximum Gasteiger partial charge on any atom is 0.0732 e. The average Bonchev–Trinajstić information content (AvgIpc) is 2.50. The molecule has 0 amide bonds. The Morgan fingerprint density at radius 1 is 1.50 bits per heavy atom. The Kier molecular flexibility index (Phi) is 7.15. The van der Waals surface area contributed by atoms with Gasteiger partial charge in [0.15, 0.2) is 0 Å². The van der Waals surface area contributed by atoms with E-state index < -0.39 is 0 Å². The predicted molar refractivity (Wildman–Crippen MR) is 59.5 cm³/mol. The van der Waals surface area contributed by atoms with E-state index in [1.807, 2.05) is 34.7 Å². The SMILES string of the molecule is CC.CCO[C@@H](C)[C@@H]1[C@@H](O)CCN1C. The number of hydrogen-bond donors (Lipinski definition) is 1. The van der Waals surface area contributed by atoms with Crippen molar-refractivity contribution in [1.82, 2.24) is 4.90 Å². The van der Waals surface area contributed by atoms with Gasteiger partial charge in [0, 0.05) is 13.2 Å². The number of hydrogen-bond acceptors (Lipinski definition) is 3. The van der Waals surface area contributed by atoms with E-state index in [2.05, 4.69) is 4.90 Å². The molecule has 0 spiro atoms. The van der Waals surface area contributed by atoms with Gasteiger partial charge in [0.2, 0.25) is 0 Å². The number of nitrogens with zero attached hydrogens (tertiary/aromatic N) is 1. The summed E-state index contributed by atoms with van der Waals surface area (Å²) in [5.41, 5.74) is 0. The van der Waals surface area contributed by atoms with E-state index in [1.54, 1.807) is 0 Å². The normalized spacial score (nSPS) is 29.6. The molecule has 0 radical (unpaired) electrons. The highest BCUT2D eigenvalue weighted by atomic mass is 16.5. The van der Waals surface area contributed by atoms with Gasteiger partial charge in [-0.2, -0.15) is 0 Å². The van der Waals surface area contributed by atoms with Gasteiger partial charge >= 0.3 is 0 Å². The lowest BCUT2D eigenvalue weighted by molar-refractivity contribution is -0.0138. The Labute approximate surface area is 88.1 Å². The molecule has 1 N–H and O–H groups in total. The van der Waals surface area contributed by atoms with Gasteiger partial charge in [-0.05, 0) is 27.3 Å². The number of rotatable bonds is 3. The Hall–Kier alpha value is -0.120. The Morgan fingerprint density at radius 3 is 2.43 bits per heavy atom. The monoisotopic (exact) mass is 203 g/mol. The van der Waals surface area contributed by atoms with Crippen LogP contribution in [-0.4, -0.2) is 48.5 Å². The first-order chi connectivity index (χ1) is 6.66. The van der Waals surface area contributed by atoms with E-state index in [0.717, 1.165) is 19.6 Å². The molecule has 1 fully saturated rings. The number of ether oxygens (including phenoxy) is 1. The fourth-order valence-electron chi connectivity index (χ4n) is 1.98. The van der Waals surface area contributed by atoms with Gasteiger partial charge in [0.05, 0.1) is 18.2 Å². The summed E-state index contributed by atoms with van der Waals surface area (Å²) in [6.45, 7) is 9.71. The van der Waals surface area contributed by atoms with Crippen molar-refractivity contribution in [3.63, 3.8) is 0 Å². The molecule has 0 aromatic carbocycles. The first-order valence-corrected chi connectivity index (χ1v) is 5.66. The molecule has 0 aromatic heterocycles. The maximum absolute atomic E-state index is 9.63. The van der Waals surface area contributed by atoms with Crippen LogP contribution in [0.2, 0.25) is 0 Å². The van der Waals surface area contributed by atoms with E-state index in [4.69, 9.17) is 4.74 Å². The van der Waals surface area contributed by atoms with E-state index in [-0.39, 0.29) is 18.2 Å². The molecule has 3 atom stereocenters. The molecule has 0 saturated carbocycles. The second-order valence-electron chi connectivity index (χ2n) is 3.49. The molecular weight excluding hydrogens is 178 g/mol. The minimum atomic E-state index is -0.212. The van der Waals surface area contributed by atoms with Crippen molar-refractivity contribution < 1.29 is 9.84 Å². The summed E-state index contributed by atoms with van der Waals surface area (Å²) in [4.78, 5) is 2.17. The zero-order valence-electron chi connectivity index (χ0n) is 10.2. The third-order valence-electron chi connectivity index (χ3n) is 2.59. The van der Waals surface area contributed by atoms with Crippen molar-refractivity contribution in [2.75, 3.05) is 20.2 Å². The summed E-state index contributed by atoms with van der Waals surface area (Å²) in [7, 11) is 2.04. The number of likely N-dealkylation sites (tertiary alicyclic amines) is 1. The van der Waals surface area contributed by atoms with Crippen LogP contribution in [0.25, 0.3) is 0 Å². The van der Waals surface area contributed by atoms with Crippen molar-refractivity contribution >= 4 is 0 Å². The lowest BCUT2D eigenvalue weighted by Crippen LogP contribution is -2.42. The van der Waals surface area contributed by atoms with Gasteiger partial charge in [-0.25, -0.2) is 0 Å². The fourth-order valence-corrected chi connectivity index (χ4v) is 1.98. The standard InChI is InChI=1S/C9H19NO2.C2H6/c1-4-12-7(2)9-8(11)5-6-10(9)3;1-2/h7-9,11H,4-6H2,1-3H3;1-2H3/t7-,8-,9+;/m0./s1. The van der Waals surface area contributed by atoms with Crippen LogP contribution in [0.15, 0.2) is 0 Å². The fraction of sp³-hybridized carbons (Fsp3) is 1.00. The highest BCUT2D eigenvalue weighted by Crippen LogP contribution is 2.20. The molecule has 1 aliphatic rings. The third-order valence-corrected chi connectivity index (χ3v) is 2.59. The molecule has 0 aromatic rings. The summed E-state index contributed by atoms with van der Waals surface area (Å²) in [6.07, 6.45) is 0.799. The Balaban J connectivity index is 0.000000791. The van der Waals surface area contributed by atoms with Gasteiger partial charge in [-0.3, -0.25) is 4.90 Å². The Bertz CT molecular complexity index is 131. The van der Waals surface area contributed by atoms with Crippen LogP contribution in [0.5, 0.6) is 0 Å². The second kappa shape index (κ2) is 7.21. The number of likely N-dealkylation sites (N-methyl/N-ethyl adjacent to an activating group) is 1. The zero-order chi connectivity index (χ0) is 11.1. The van der Waals surface area contributed by atoms with Crippen molar-refractivity contribution in [3.05, 3.63) is 0 Å². The summed E-state index contributed by atoms with van der Waals surface area (Å²) in [6, 6.07) is 0.185. The van der Waals surface area contributed by atoms with Crippen LogP contribution >= 0.6 is 0 Å². The molecule has 3 heteroatoms. The van der Waals surface area contributed by atoms with Gasteiger partial charge < -0.3 is 9.84 Å². The average molecular weight is 203 g/mol. The highest BCUT2D eigenvalue weighted by Gasteiger charge is 2.34. The largest absolute Gasteiger partial charge is 0.391 e. The third kappa shape index (κ3) is 3.56. The van der Waals surface area contributed by atoms with Crippen molar-refractivity contribution in [1.29, 1.82) is 0 Å². The Morgan fingerprint density at radius 2 is 2.07 bits per heavy atom. The number of aliphatic hydroxyl groups excluding tert-OH is 1. The summed E-state index contributed by atoms with van der Waals surface area (Å²) < 4.78 is 5.46. The van der Waals surface area contributed by atoms with E-state index in [9.17, 15) is 5.11 Å². The smallest absolute Gasteiger partial charge is 0.0732 e. The molecule has 0 bridgehead atoms. The van der Waals surface area contributed by atoms with Crippen LogP contribution < -0.4 is 0 Å². The van der Waals surface area contributed by atoms with Crippen molar-refractivity contribution in [3.8, 4) is 0 Å². The molecule has 0 aliphatic carbocycles. The molecule has 1 aliphatic heterocycles. The minimum absolute atomic E-state index is 0.137. The molecule has 1 heterocycles. The van der Waals surface area contributed by atoms with Crippen LogP contribution in [-0.2, 0) is 4.74 Å². The topological polar surface area (TPSA) is 32.7 Å². The maximum atomic E-state index is 9.63. The van der Waals surface area contributed by atoms with E-state index in [0.29, 0.717) is 0 Å². The lowest BCUT2D eigenvalue weighted by Gasteiger charge is -2.27. The molecule has 86 valence electrons. The quantitative estimate of drug-likeness (QED) is 0.754. The van der Waals surface area contributed by atoms with Crippen LogP contribution in [0, 0.1) is 0 Å². The van der Waals surface area contributed by atoms with Crippen molar-refractivity contribution in [2.45, 2.75) is 52.4 Å². The molecule has 0 unspecified atom stereocenters. The van der Waals surface area contributed by atoms with Crippen LogP contribution in [0.1, 0.15) is 34.1 Å². The zero-order valence-corrected chi connectivity index (χ0v) is 10.2. The molecule has 1 saturated heterocycles. The van der Waals surface area contributed by atoms with Crippen molar-refractivity contribution in [2.24, 2.45) is 0 Å². The van der Waals surface area contributed by atoms with Gasteiger partial charge in [0.25, 0.3) is 0 Å². The van der Waals surface area contributed by atoms with E-state index in [1.165, 1.54) is 0 Å². The molecular formula is C11H25NO2.